The second-order valence-electron chi connectivity index (χ2n) is 6.50. The van der Waals surface area contributed by atoms with Gasteiger partial charge in [0.1, 0.15) is 0 Å². The van der Waals surface area contributed by atoms with E-state index in [-0.39, 0.29) is 11.7 Å². The molecule has 0 bridgehead atoms. The van der Waals surface area contributed by atoms with Gasteiger partial charge in [0.2, 0.25) is 15.9 Å². The van der Waals surface area contributed by atoms with Crippen molar-refractivity contribution in [2.24, 2.45) is 0 Å². The Morgan fingerprint density at radius 1 is 1.15 bits per heavy atom. The zero-order chi connectivity index (χ0) is 18.6. The van der Waals surface area contributed by atoms with Crippen LogP contribution in [0, 0.1) is 0 Å². The first kappa shape index (κ1) is 18.5. The summed E-state index contributed by atoms with van der Waals surface area (Å²) in [6.07, 6.45) is 2.73. The number of carbonyl (C=O) groups excluding carboxylic acids is 1. The Bertz CT molecular complexity index is 879. The van der Waals surface area contributed by atoms with Crippen LogP contribution in [0.25, 0.3) is 0 Å². The van der Waals surface area contributed by atoms with Gasteiger partial charge in [0, 0.05) is 18.7 Å². The average molecular weight is 372 g/mol. The minimum absolute atomic E-state index is 0.0195. The van der Waals surface area contributed by atoms with E-state index in [1.165, 1.54) is 0 Å². The molecule has 138 valence electrons. The molecule has 0 atom stereocenters. The zero-order valence-corrected chi connectivity index (χ0v) is 15.8. The fraction of sp³-hybridized carbons (Fsp3) is 0.350. The summed E-state index contributed by atoms with van der Waals surface area (Å²) < 4.78 is 27.5. The molecule has 0 aromatic heterocycles. The lowest BCUT2D eigenvalue weighted by Gasteiger charge is -2.29. The van der Waals surface area contributed by atoms with Crippen molar-refractivity contribution in [3.8, 4) is 0 Å². The number of rotatable bonds is 6. The first-order chi connectivity index (χ1) is 12.5. The van der Waals surface area contributed by atoms with Gasteiger partial charge in [-0.2, -0.15) is 0 Å². The Labute approximate surface area is 155 Å². The van der Waals surface area contributed by atoms with E-state index >= 15 is 0 Å². The summed E-state index contributed by atoms with van der Waals surface area (Å²) in [5.41, 5.74) is 3.41. The molecule has 0 spiro atoms. The second-order valence-corrected chi connectivity index (χ2v) is 8.34. The largest absolute Gasteiger partial charge is 0.312 e. The third-order valence-corrected chi connectivity index (χ3v) is 5.87. The number of carbonyl (C=O) groups is 1. The van der Waals surface area contributed by atoms with Crippen molar-refractivity contribution in [2.75, 3.05) is 21.9 Å². The summed E-state index contributed by atoms with van der Waals surface area (Å²) in [6.45, 7) is 2.52. The summed E-state index contributed by atoms with van der Waals surface area (Å²) in [6, 6.07) is 15.0. The monoisotopic (exact) mass is 372 g/mol. The molecule has 1 heterocycles. The van der Waals surface area contributed by atoms with Crippen LogP contribution < -0.4 is 9.62 Å². The van der Waals surface area contributed by atoms with E-state index in [2.05, 4.69) is 4.72 Å². The maximum atomic E-state index is 12.4. The van der Waals surface area contributed by atoms with Gasteiger partial charge < -0.3 is 4.90 Å². The van der Waals surface area contributed by atoms with E-state index in [0.717, 1.165) is 29.7 Å². The normalized spacial score (nSPS) is 14.0. The molecule has 1 aliphatic heterocycles. The van der Waals surface area contributed by atoms with Gasteiger partial charge in [0.05, 0.1) is 11.4 Å². The fourth-order valence-electron chi connectivity index (χ4n) is 3.22. The van der Waals surface area contributed by atoms with Crippen LogP contribution in [0.1, 0.15) is 30.9 Å². The molecule has 1 N–H and O–H groups in total. The van der Waals surface area contributed by atoms with E-state index in [9.17, 15) is 13.2 Å². The van der Waals surface area contributed by atoms with Crippen LogP contribution in [0.5, 0.6) is 0 Å². The van der Waals surface area contributed by atoms with Crippen LogP contribution in [-0.2, 0) is 27.7 Å². The van der Waals surface area contributed by atoms with E-state index in [4.69, 9.17) is 0 Å². The highest BCUT2D eigenvalue weighted by molar-refractivity contribution is 7.92. The molecule has 0 unspecified atom stereocenters. The van der Waals surface area contributed by atoms with Crippen molar-refractivity contribution < 1.29 is 13.2 Å². The summed E-state index contributed by atoms with van der Waals surface area (Å²) in [5, 5.41) is 0. The Morgan fingerprint density at radius 3 is 2.65 bits per heavy atom. The van der Waals surface area contributed by atoms with Crippen LogP contribution in [0.15, 0.2) is 48.5 Å². The molecular weight excluding hydrogens is 348 g/mol. The summed E-state index contributed by atoms with van der Waals surface area (Å²) >= 11 is 0. The minimum atomic E-state index is -3.46. The molecule has 2 aromatic carbocycles. The molecule has 6 heteroatoms. The first-order valence-electron chi connectivity index (χ1n) is 8.96. The SMILES string of the molecule is CCC(=O)N1CCCc2ccc(NS(=O)(=O)CCc3ccccc3)cc21. The summed E-state index contributed by atoms with van der Waals surface area (Å²) in [5.74, 6) is 0.0844. The molecule has 0 fully saturated rings. The Morgan fingerprint density at radius 2 is 1.92 bits per heavy atom. The van der Waals surface area contributed by atoms with Crippen molar-refractivity contribution in [3.63, 3.8) is 0 Å². The molecule has 0 aliphatic carbocycles. The number of hydrogen-bond acceptors (Lipinski definition) is 3. The van der Waals surface area contributed by atoms with E-state index < -0.39 is 10.0 Å². The predicted octanol–water partition coefficient (Wildman–Crippen LogP) is 3.36. The molecule has 3 rings (SSSR count). The molecule has 2 aromatic rings. The Hall–Kier alpha value is -2.34. The molecule has 5 nitrogen and oxygen atoms in total. The Kier molecular flexibility index (Phi) is 5.61. The highest BCUT2D eigenvalue weighted by atomic mass is 32.2. The number of nitrogens with one attached hydrogen (secondary N) is 1. The van der Waals surface area contributed by atoms with Crippen molar-refractivity contribution in [2.45, 2.75) is 32.6 Å². The number of aryl methyl sites for hydroxylation is 2. The first-order valence-corrected chi connectivity index (χ1v) is 10.6. The Balaban J connectivity index is 1.74. The minimum Gasteiger partial charge on any atom is -0.312 e. The van der Waals surface area contributed by atoms with Crippen molar-refractivity contribution in [1.29, 1.82) is 0 Å². The average Bonchev–Trinajstić information content (AvgIpc) is 2.66. The van der Waals surface area contributed by atoms with Crippen LogP contribution in [0.4, 0.5) is 11.4 Å². The topological polar surface area (TPSA) is 66.5 Å². The number of sulfonamides is 1. The third-order valence-electron chi connectivity index (χ3n) is 4.58. The van der Waals surface area contributed by atoms with Gasteiger partial charge in [0.25, 0.3) is 0 Å². The van der Waals surface area contributed by atoms with E-state index in [1.54, 1.807) is 17.0 Å². The lowest BCUT2D eigenvalue weighted by molar-refractivity contribution is -0.118. The zero-order valence-electron chi connectivity index (χ0n) is 14.9. The molecule has 0 radical (unpaired) electrons. The molecule has 1 amide bonds. The smallest absolute Gasteiger partial charge is 0.233 e. The van der Waals surface area contributed by atoms with Crippen LogP contribution in [-0.4, -0.2) is 26.6 Å². The lowest BCUT2D eigenvalue weighted by atomic mass is 10.0. The van der Waals surface area contributed by atoms with Crippen LogP contribution in [0.2, 0.25) is 0 Å². The van der Waals surface area contributed by atoms with Crippen LogP contribution in [0.3, 0.4) is 0 Å². The lowest BCUT2D eigenvalue weighted by Crippen LogP contribution is -2.35. The van der Waals surface area contributed by atoms with Gasteiger partial charge in [-0.15, -0.1) is 0 Å². The third kappa shape index (κ3) is 4.43. The molecule has 0 saturated heterocycles. The van der Waals surface area contributed by atoms with Gasteiger partial charge >= 0.3 is 0 Å². The summed E-state index contributed by atoms with van der Waals surface area (Å²) in [7, 11) is -3.46. The fourth-order valence-corrected chi connectivity index (χ4v) is 4.31. The van der Waals surface area contributed by atoms with Crippen molar-refractivity contribution in [3.05, 3.63) is 59.7 Å². The van der Waals surface area contributed by atoms with Gasteiger partial charge in [0.15, 0.2) is 0 Å². The highest BCUT2D eigenvalue weighted by Crippen LogP contribution is 2.31. The number of amides is 1. The molecular formula is C20H24N2O3S. The van der Waals surface area contributed by atoms with Crippen molar-refractivity contribution >= 4 is 27.3 Å². The highest BCUT2D eigenvalue weighted by Gasteiger charge is 2.22. The number of anilines is 2. The maximum absolute atomic E-state index is 12.4. The predicted molar refractivity (Wildman–Crippen MR) is 105 cm³/mol. The number of benzene rings is 2. The van der Waals surface area contributed by atoms with Gasteiger partial charge in [-0.1, -0.05) is 43.3 Å². The standard InChI is InChI=1S/C20H24N2O3S/c1-2-20(23)22-13-6-9-17-10-11-18(15-19(17)22)21-26(24,25)14-12-16-7-4-3-5-8-16/h3-5,7-8,10-11,15,21H,2,6,9,12-14H2,1H3. The number of fused-ring (bicyclic) bond motifs is 1. The summed E-state index contributed by atoms with van der Waals surface area (Å²) in [4.78, 5) is 13.9. The van der Waals surface area contributed by atoms with E-state index in [0.29, 0.717) is 25.1 Å². The molecule has 1 aliphatic rings. The van der Waals surface area contributed by atoms with Crippen molar-refractivity contribution in [1.82, 2.24) is 0 Å². The molecule has 0 saturated carbocycles. The van der Waals surface area contributed by atoms with Gasteiger partial charge in [-0.3, -0.25) is 9.52 Å². The van der Waals surface area contributed by atoms with E-state index in [1.807, 2.05) is 43.3 Å². The van der Waals surface area contributed by atoms with Crippen LogP contribution >= 0.6 is 0 Å². The van der Waals surface area contributed by atoms with Gasteiger partial charge in [-0.25, -0.2) is 8.42 Å². The maximum Gasteiger partial charge on any atom is 0.233 e. The second kappa shape index (κ2) is 7.91. The quantitative estimate of drug-likeness (QED) is 0.845. The molecule has 26 heavy (non-hydrogen) atoms. The number of hydrogen-bond donors (Lipinski definition) is 1. The van der Waals surface area contributed by atoms with Gasteiger partial charge in [-0.05, 0) is 42.5 Å². The number of nitrogens with zero attached hydrogens (tertiary/aromatic N) is 1.